The highest BCUT2D eigenvalue weighted by Gasteiger charge is 2.18. The van der Waals surface area contributed by atoms with Gasteiger partial charge in [-0.2, -0.15) is 0 Å². The molecule has 5 heteroatoms. The highest BCUT2D eigenvalue weighted by Crippen LogP contribution is 2.19. The van der Waals surface area contributed by atoms with Crippen LogP contribution in [-0.2, 0) is 6.54 Å². The molecule has 0 radical (unpaired) electrons. The van der Waals surface area contributed by atoms with Gasteiger partial charge < -0.3 is 4.81 Å². The lowest BCUT2D eigenvalue weighted by atomic mass is 10.0. The first-order chi connectivity index (χ1) is 10.6. The molecule has 2 aromatic rings. The van der Waals surface area contributed by atoms with E-state index >= 15 is 0 Å². The predicted molar refractivity (Wildman–Crippen MR) is 105 cm³/mol. The fourth-order valence-corrected chi connectivity index (χ4v) is 2.71. The number of nitrogens with zero attached hydrogens (tertiary/aromatic N) is 2. The van der Waals surface area contributed by atoms with E-state index in [4.69, 9.17) is 0 Å². The van der Waals surface area contributed by atoms with Crippen molar-refractivity contribution in [3.8, 4) is 5.69 Å². The number of nitrogens with one attached hydrogen (secondary N) is 1. The maximum Gasteiger partial charge on any atom is 0.168 e. The summed E-state index contributed by atoms with van der Waals surface area (Å²) in [5.41, 5.74) is 7.54. The molecule has 1 unspecified atom stereocenters. The lowest BCUT2D eigenvalue weighted by Gasteiger charge is -2.35. The second kappa shape index (κ2) is 6.56. The maximum absolute atomic E-state index is 2.52. The van der Waals surface area contributed by atoms with Crippen LogP contribution in [0.2, 0.25) is 0 Å². The van der Waals surface area contributed by atoms with E-state index in [9.17, 15) is 0 Å². The smallest absolute Gasteiger partial charge is 0.168 e. The van der Waals surface area contributed by atoms with Crippen molar-refractivity contribution in [2.45, 2.75) is 53.6 Å². The zero-order valence-electron chi connectivity index (χ0n) is 14.1. The lowest BCUT2D eigenvalue weighted by molar-refractivity contribution is -0.859. The zero-order chi connectivity index (χ0) is 17.4. The van der Waals surface area contributed by atoms with Gasteiger partial charge in [-0.05, 0) is 52.7 Å². The van der Waals surface area contributed by atoms with Crippen LogP contribution in [0.25, 0.3) is 5.69 Å². The summed E-state index contributed by atoms with van der Waals surface area (Å²) >= 11 is 0. The average molecular weight is 313 g/mol. The Morgan fingerprint density at radius 3 is 2.22 bits per heavy atom. The molecular weight excluding hydrogens is 280 g/mol. The molecule has 23 heavy (non-hydrogen) atoms. The van der Waals surface area contributed by atoms with Crippen LogP contribution in [0.15, 0.2) is 24.5 Å². The van der Waals surface area contributed by atoms with Crippen LogP contribution in [0, 0.1) is 20.8 Å². The van der Waals surface area contributed by atoms with Crippen molar-refractivity contribution in [2.24, 2.45) is 0 Å². The minimum absolute atomic E-state index is 0.129. The van der Waals surface area contributed by atoms with Crippen LogP contribution in [0.4, 0.5) is 0 Å². The molecule has 0 fully saturated rings. The third kappa shape index (κ3) is 3.89. The van der Waals surface area contributed by atoms with E-state index < -0.39 is 0 Å². The van der Waals surface area contributed by atoms with E-state index in [1.54, 1.807) is 5.72 Å². The van der Waals surface area contributed by atoms with E-state index in [1.807, 2.05) is 4.81 Å². The van der Waals surface area contributed by atoms with E-state index in [2.05, 4.69) is 75.2 Å². The van der Waals surface area contributed by atoms with Crippen LogP contribution in [0.5, 0.6) is 0 Å². The molecule has 126 valence electrons. The zero-order valence-corrected chi connectivity index (χ0v) is 14.1. The molecule has 0 bridgehead atoms. The quantitative estimate of drug-likeness (QED) is 0.529. The molecule has 1 aromatic heterocycles. The topological polar surface area (TPSA) is 13.2 Å². The molecule has 2 rings (SSSR count). The molecule has 1 N–H and O–H groups in total. The first-order valence-corrected chi connectivity index (χ1v) is 7.60. The van der Waals surface area contributed by atoms with Crippen molar-refractivity contribution in [2.75, 3.05) is 6.54 Å². The highest BCUT2D eigenvalue weighted by molar-refractivity contribution is 6.28. The van der Waals surface area contributed by atoms with Crippen molar-refractivity contribution in [3.63, 3.8) is 0 Å². The third-order valence-electron chi connectivity index (χ3n) is 3.52. The van der Waals surface area contributed by atoms with Crippen molar-refractivity contribution in [3.05, 3.63) is 41.2 Å². The van der Waals surface area contributed by atoms with E-state index in [0.717, 1.165) is 0 Å². The number of imidazole rings is 1. The normalized spacial score (nSPS) is 13.4. The predicted octanol–water partition coefficient (Wildman–Crippen LogP) is -1.36. The van der Waals surface area contributed by atoms with Crippen molar-refractivity contribution in [1.29, 1.82) is 0 Å². The molecule has 0 saturated carbocycles. The fraction of sp³-hybridized carbons (Fsp3) is 0.500. The number of quaternary nitrogens is 1. The van der Waals surface area contributed by atoms with Crippen molar-refractivity contribution >= 4 is 21.6 Å². The van der Waals surface area contributed by atoms with Crippen molar-refractivity contribution < 1.29 is 9.38 Å². The van der Waals surface area contributed by atoms with E-state index in [0.29, 0.717) is 13.5 Å². The minimum Gasteiger partial charge on any atom is -0.526 e. The Labute approximate surface area is 143 Å². The van der Waals surface area contributed by atoms with Crippen LogP contribution in [-0.4, -0.2) is 32.5 Å². The molecule has 3 nitrogen and oxygen atoms in total. The van der Waals surface area contributed by atoms with Crippen LogP contribution >= 0.6 is 0 Å². The molecule has 0 saturated heterocycles. The van der Waals surface area contributed by atoms with Crippen LogP contribution in [0.1, 0.15) is 37.5 Å². The number of aryl methyl sites for hydroxylation is 3. The van der Waals surface area contributed by atoms with Crippen LogP contribution < -0.4 is 15.1 Å². The average Bonchev–Trinajstić information content (AvgIpc) is 2.75. The Morgan fingerprint density at radius 2 is 1.70 bits per heavy atom. The lowest BCUT2D eigenvalue weighted by Crippen LogP contribution is -3.18. The molecule has 1 heterocycles. The summed E-state index contributed by atoms with van der Waals surface area (Å²) in [4.78, 5) is 1.83. The number of rotatable bonds is 4. The molecule has 1 atom stereocenters. The first-order valence-electron chi connectivity index (χ1n) is 7.60. The van der Waals surface area contributed by atoms with Gasteiger partial charge in [0.25, 0.3) is 0 Å². The van der Waals surface area contributed by atoms with Gasteiger partial charge in [-0.25, -0.2) is 4.57 Å². The summed E-state index contributed by atoms with van der Waals surface area (Å²) in [5.74, 6) is 0. The van der Waals surface area contributed by atoms with Gasteiger partial charge >= 0.3 is 0 Å². The largest absolute Gasteiger partial charge is 0.526 e. The van der Waals surface area contributed by atoms with E-state index in [1.165, 1.54) is 35.5 Å². The summed E-state index contributed by atoms with van der Waals surface area (Å²) in [6.45, 7) is 16.2. The Balaban J connectivity index is 2.27. The summed E-state index contributed by atoms with van der Waals surface area (Å²) < 4.78 is 4.98. The second-order valence-corrected chi connectivity index (χ2v) is 6.89. The van der Waals surface area contributed by atoms with Gasteiger partial charge in [0, 0.05) is 5.54 Å². The molecule has 1 aromatic carbocycles. The molecule has 0 aliphatic carbocycles. The monoisotopic (exact) mass is 313 g/mol. The summed E-state index contributed by atoms with van der Waals surface area (Å²) in [7, 11) is 0.454. The number of hydrogen-bond acceptors (Lipinski definition) is 0. The number of benzene rings is 1. The Morgan fingerprint density at radius 1 is 1.13 bits per heavy atom. The van der Waals surface area contributed by atoms with Gasteiger partial charge in [0.05, 0.1) is 20.1 Å². The number of aromatic nitrogens is 2. The van der Waals surface area contributed by atoms with Gasteiger partial charge in [0.15, 0.2) is 7.98 Å². The number of hydrogen-bond donors (Lipinski definition) is 1. The molecule has 0 aliphatic rings. The Kier molecular flexibility index (Phi) is 5.10. The van der Waals surface area contributed by atoms with Gasteiger partial charge in [-0.3, -0.25) is 4.57 Å². The van der Waals surface area contributed by atoms with Crippen LogP contribution in [0.3, 0.4) is 0 Å². The summed E-state index contributed by atoms with van der Waals surface area (Å²) in [5, 5.41) is 0. The second-order valence-electron chi connectivity index (χ2n) is 6.89. The van der Waals surface area contributed by atoms with Gasteiger partial charge in [-0.1, -0.05) is 17.7 Å². The Hall–Kier alpha value is -1.48. The fourth-order valence-electron chi connectivity index (χ4n) is 2.71. The highest BCUT2D eigenvalue weighted by atomic mass is 15.2. The summed E-state index contributed by atoms with van der Waals surface area (Å²) in [6, 6.07) is 4.61. The first kappa shape index (κ1) is 17.9. The van der Waals surface area contributed by atoms with Gasteiger partial charge in [0.2, 0.25) is 0 Å². The van der Waals surface area contributed by atoms with E-state index in [-0.39, 0.29) is 7.85 Å². The Bertz CT molecular complexity index is 676. The van der Waals surface area contributed by atoms with Crippen molar-refractivity contribution in [1.82, 2.24) is 4.57 Å². The maximum atomic E-state index is 2.52. The third-order valence-corrected chi connectivity index (χ3v) is 3.52. The standard InChI is InChI=1S/C18H33B2N3/c1-13-11-14(2)16(15(3)12-13)22-9-7-21(17(22)19)8-10-23(20)18(4,5)6/h7,9,11-12,23H,8,10H2,1-6,19-20H3. The molecule has 0 aliphatic heterocycles. The molecular formula is C18H33B2N3. The summed E-state index contributed by atoms with van der Waals surface area (Å²) in [6.07, 6.45) is 4.59. The van der Waals surface area contributed by atoms with Gasteiger partial charge in [-0.15, -0.1) is 0 Å². The minimum atomic E-state index is 0.129. The molecule has 0 amide bonds. The van der Waals surface area contributed by atoms with Gasteiger partial charge in [0.1, 0.15) is 24.6 Å². The SMILES string of the molecule is [BH3-]c1n(-c2c(C)cc(C)cc2C)cc[n+]1CC[NH+]([BH3-])C(C)(C)C. The molecule has 0 spiro atoms.